The topological polar surface area (TPSA) is 63.0 Å². The zero-order valence-corrected chi connectivity index (χ0v) is 15.5. The van der Waals surface area contributed by atoms with Gasteiger partial charge in [0, 0.05) is 0 Å². The molecule has 122 valence electrons. The Kier molecular flexibility index (Phi) is 4.39. The van der Waals surface area contributed by atoms with Gasteiger partial charge in [0.25, 0.3) is 0 Å². The van der Waals surface area contributed by atoms with Gasteiger partial charge in [-0.05, 0) is 42.0 Å². The number of aromatic nitrogens is 1. The van der Waals surface area contributed by atoms with Gasteiger partial charge in [0.15, 0.2) is 0 Å². The van der Waals surface area contributed by atoms with Gasteiger partial charge in [-0.3, -0.25) is 0 Å². The van der Waals surface area contributed by atoms with Crippen molar-refractivity contribution in [3.8, 4) is 16.0 Å². The van der Waals surface area contributed by atoms with Crippen LogP contribution in [-0.2, 0) is 4.74 Å². The second-order valence-electron chi connectivity index (χ2n) is 5.79. The fourth-order valence-corrected chi connectivity index (χ4v) is 4.62. The highest BCUT2D eigenvalue weighted by Gasteiger charge is 2.19. The SMILES string of the molecule is COC(=O)c1sc(-c2cc3cc(C(C)C)cc(C#N)c3s2)nc1C. The van der Waals surface area contributed by atoms with E-state index in [0.29, 0.717) is 22.1 Å². The quantitative estimate of drug-likeness (QED) is 0.611. The third-order valence-corrected chi connectivity index (χ3v) is 6.29. The van der Waals surface area contributed by atoms with Crippen LogP contribution < -0.4 is 0 Å². The maximum absolute atomic E-state index is 11.8. The summed E-state index contributed by atoms with van der Waals surface area (Å²) >= 11 is 2.86. The number of carbonyl (C=O) groups is 1. The number of aryl methyl sites for hydroxylation is 1. The molecular weight excluding hydrogens is 340 g/mol. The van der Waals surface area contributed by atoms with E-state index in [9.17, 15) is 10.1 Å². The Morgan fingerprint density at radius 1 is 1.29 bits per heavy atom. The van der Waals surface area contributed by atoms with Crippen molar-refractivity contribution in [2.75, 3.05) is 7.11 Å². The lowest BCUT2D eigenvalue weighted by Crippen LogP contribution is -1.99. The average molecular weight is 356 g/mol. The highest BCUT2D eigenvalue weighted by molar-refractivity contribution is 7.26. The highest BCUT2D eigenvalue weighted by atomic mass is 32.1. The van der Waals surface area contributed by atoms with E-state index < -0.39 is 0 Å². The maximum atomic E-state index is 11.8. The summed E-state index contributed by atoms with van der Waals surface area (Å²) in [5.41, 5.74) is 2.51. The second kappa shape index (κ2) is 6.34. The van der Waals surface area contributed by atoms with Crippen LogP contribution in [0.3, 0.4) is 0 Å². The smallest absolute Gasteiger partial charge is 0.349 e. The third-order valence-electron chi connectivity index (χ3n) is 3.80. The molecule has 0 unspecified atom stereocenters. The lowest BCUT2D eigenvalue weighted by atomic mass is 9.99. The molecule has 6 heteroatoms. The van der Waals surface area contributed by atoms with Gasteiger partial charge in [0.05, 0.1) is 27.9 Å². The minimum atomic E-state index is -0.364. The van der Waals surface area contributed by atoms with E-state index in [1.165, 1.54) is 29.8 Å². The van der Waals surface area contributed by atoms with E-state index >= 15 is 0 Å². The van der Waals surface area contributed by atoms with Crippen LogP contribution in [0.2, 0.25) is 0 Å². The molecule has 1 aromatic carbocycles. The number of esters is 1. The highest BCUT2D eigenvalue weighted by Crippen LogP contribution is 2.39. The van der Waals surface area contributed by atoms with Crippen LogP contribution >= 0.6 is 22.7 Å². The number of hydrogen-bond acceptors (Lipinski definition) is 6. The predicted octanol–water partition coefficient (Wildman–Crippen LogP) is 5.11. The second-order valence-corrected chi connectivity index (χ2v) is 7.84. The van der Waals surface area contributed by atoms with E-state index in [-0.39, 0.29) is 5.97 Å². The van der Waals surface area contributed by atoms with Gasteiger partial charge in [-0.2, -0.15) is 5.26 Å². The summed E-state index contributed by atoms with van der Waals surface area (Å²) < 4.78 is 5.76. The molecule has 0 aliphatic carbocycles. The number of nitriles is 1. The van der Waals surface area contributed by atoms with E-state index in [4.69, 9.17) is 4.74 Å². The molecule has 0 atom stereocenters. The van der Waals surface area contributed by atoms with Gasteiger partial charge in [-0.15, -0.1) is 22.7 Å². The molecule has 0 aliphatic heterocycles. The number of thiazole rings is 1. The number of benzene rings is 1. The van der Waals surface area contributed by atoms with Gasteiger partial charge in [-0.1, -0.05) is 13.8 Å². The van der Waals surface area contributed by atoms with Crippen molar-refractivity contribution in [2.24, 2.45) is 0 Å². The standard InChI is InChI=1S/C18H16N2O2S2/c1-9(2)11-5-12-7-14(23-16(12)13(6-11)8-19)17-20-10(3)15(24-17)18(21)22-4/h5-7,9H,1-4H3. The summed E-state index contributed by atoms with van der Waals surface area (Å²) in [5, 5.41) is 11.3. The average Bonchev–Trinajstić information content (AvgIpc) is 3.16. The Bertz CT molecular complexity index is 977. The van der Waals surface area contributed by atoms with E-state index in [1.807, 2.05) is 12.1 Å². The van der Waals surface area contributed by atoms with Crippen LogP contribution in [0.25, 0.3) is 20.0 Å². The summed E-state index contributed by atoms with van der Waals surface area (Å²) in [7, 11) is 1.37. The molecular formula is C18H16N2O2S2. The summed E-state index contributed by atoms with van der Waals surface area (Å²) in [6, 6.07) is 8.43. The van der Waals surface area contributed by atoms with Crippen LogP contribution in [0.15, 0.2) is 18.2 Å². The predicted molar refractivity (Wildman–Crippen MR) is 97.8 cm³/mol. The third kappa shape index (κ3) is 2.81. The summed E-state index contributed by atoms with van der Waals surface area (Å²) in [5.74, 6) is -0.00458. The molecule has 2 aromatic heterocycles. The largest absolute Gasteiger partial charge is 0.465 e. The number of carbonyl (C=O) groups excluding carboxylic acids is 1. The van der Waals surface area contributed by atoms with Crippen LogP contribution in [0.1, 0.15) is 46.3 Å². The van der Waals surface area contributed by atoms with Crippen molar-refractivity contribution in [1.82, 2.24) is 4.98 Å². The number of methoxy groups -OCH3 is 1. The first kappa shape index (κ1) is 16.6. The van der Waals surface area contributed by atoms with Crippen LogP contribution in [-0.4, -0.2) is 18.1 Å². The molecule has 2 heterocycles. The fourth-order valence-electron chi connectivity index (χ4n) is 2.48. The molecule has 0 fully saturated rings. The van der Waals surface area contributed by atoms with E-state index in [2.05, 4.69) is 31.0 Å². The van der Waals surface area contributed by atoms with Crippen molar-refractivity contribution in [3.05, 3.63) is 39.9 Å². The van der Waals surface area contributed by atoms with Crippen molar-refractivity contribution < 1.29 is 9.53 Å². The molecule has 0 saturated carbocycles. The normalized spacial score (nSPS) is 11.0. The molecule has 0 aliphatic rings. The van der Waals surface area contributed by atoms with Gasteiger partial charge in [0.1, 0.15) is 16.0 Å². The molecule has 0 amide bonds. The Hall–Kier alpha value is -2.23. The molecule has 0 saturated heterocycles. The zero-order chi connectivity index (χ0) is 17.4. The monoisotopic (exact) mass is 356 g/mol. The molecule has 0 N–H and O–H groups in total. The number of ether oxygens (including phenoxy) is 1. The van der Waals surface area contributed by atoms with E-state index in [1.54, 1.807) is 6.92 Å². The van der Waals surface area contributed by atoms with Gasteiger partial charge in [0.2, 0.25) is 0 Å². The number of nitrogens with zero attached hydrogens (tertiary/aromatic N) is 2. The first-order chi connectivity index (χ1) is 11.4. The first-order valence-corrected chi connectivity index (χ1v) is 9.11. The number of thiophene rings is 1. The van der Waals surface area contributed by atoms with Gasteiger partial charge < -0.3 is 4.74 Å². The lowest BCUT2D eigenvalue weighted by Gasteiger charge is -2.05. The molecule has 24 heavy (non-hydrogen) atoms. The van der Waals surface area contributed by atoms with Crippen molar-refractivity contribution >= 4 is 38.7 Å². The minimum Gasteiger partial charge on any atom is -0.465 e. The Labute approximate surface area is 148 Å². The zero-order valence-electron chi connectivity index (χ0n) is 13.8. The minimum absolute atomic E-state index is 0.359. The van der Waals surface area contributed by atoms with E-state index in [0.717, 1.165) is 25.5 Å². The first-order valence-electron chi connectivity index (χ1n) is 7.48. The van der Waals surface area contributed by atoms with Crippen molar-refractivity contribution in [3.63, 3.8) is 0 Å². The number of hydrogen-bond donors (Lipinski definition) is 0. The summed E-state index contributed by atoms with van der Waals surface area (Å²) in [6.07, 6.45) is 0. The summed E-state index contributed by atoms with van der Waals surface area (Å²) in [4.78, 5) is 17.8. The number of rotatable bonds is 3. The van der Waals surface area contributed by atoms with Crippen LogP contribution in [0.5, 0.6) is 0 Å². The molecule has 0 bridgehead atoms. The Balaban J connectivity index is 2.15. The number of fused-ring (bicyclic) bond motifs is 1. The molecule has 3 rings (SSSR count). The molecule has 0 spiro atoms. The Morgan fingerprint density at radius 3 is 2.67 bits per heavy atom. The summed E-state index contributed by atoms with van der Waals surface area (Å²) in [6.45, 7) is 6.03. The van der Waals surface area contributed by atoms with Gasteiger partial charge >= 0.3 is 5.97 Å². The molecule has 3 aromatic rings. The molecule has 4 nitrogen and oxygen atoms in total. The van der Waals surface area contributed by atoms with Crippen LogP contribution in [0.4, 0.5) is 0 Å². The van der Waals surface area contributed by atoms with Crippen molar-refractivity contribution in [1.29, 1.82) is 5.26 Å². The maximum Gasteiger partial charge on any atom is 0.349 e. The van der Waals surface area contributed by atoms with Crippen LogP contribution in [0, 0.1) is 18.3 Å². The van der Waals surface area contributed by atoms with Gasteiger partial charge in [-0.25, -0.2) is 9.78 Å². The van der Waals surface area contributed by atoms with Crippen molar-refractivity contribution in [2.45, 2.75) is 26.7 Å². The Morgan fingerprint density at radius 2 is 2.04 bits per heavy atom. The lowest BCUT2D eigenvalue weighted by molar-refractivity contribution is 0.0605. The fraction of sp³-hybridized carbons (Fsp3) is 0.278. The molecule has 0 radical (unpaired) electrons.